The Morgan fingerprint density at radius 2 is 1.52 bits per heavy atom. The standard InChI is InChI=1S/C27H24/c1-5-20(17-19(2)3)21-15-16-24-23-13-9-10-14-25(23)27(4,26(24)18-21)22-11-7-6-8-12-22/h5-18H,1-2H2,3-4H3. The van der Waals surface area contributed by atoms with Gasteiger partial charge in [-0.1, -0.05) is 97.6 Å². The van der Waals surface area contributed by atoms with Crippen LogP contribution in [-0.2, 0) is 5.41 Å². The zero-order valence-electron chi connectivity index (χ0n) is 16.0. The van der Waals surface area contributed by atoms with Gasteiger partial charge < -0.3 is 0 Å². The molecular weight excluding hydrogens is 324 g/mol. The summed E-state index contributed by atoms with van der Waals surface area (Å²) >= 11 is 0. The van der Waals surface area contributed by atoms with Gasteiger partial charge in [0.1, 0.15) is 0 Å². The molecule has 132 valence electrons. The summed E-state index contributed by atoms with van der Waals surface area (Å²) in [5.74, 6) is 0. The minimum atomic E-state index is -0.168. The van der Waals surface area contributed by atoms with Crippen molar-refractivity contribution in [2.24, 2.45) is 0 Å². The van der Waals surface area contributed by atoms with E-state index in [1.165, 1.54) is 33.4 Å². The Labute approximate surface area is 162 Å². The van der Waals surface area contributed by atoms with Crippen LogP contribution in [0.15, 0.2) is 104 Å². The summed E-state index contributed by atoms with van der Waals surface area (Å²) in [6, 6.07) is 26.4. The topological polar surface area (TPSA) is 0 Å². The predicted molar refractivity (Wildman–Crippen MR) is 117 cm³/mol. The molecule has 1 atom stereocenters. The molecule has 0 bridgehead atoms. The van der Waals surface area contributed by atoms with Crippen LogP contribution in [0.2, 0.25) is 0 Å². The van der Waals surface area contributed by atoms with Crippen molar-refractivity contribution < 1.29 is 0 Å². The highest BCUT2D eigenvalue weighted by Crippen LogP contribution is 2.52. The molecule has 0 heteroatoms. The Hall–Kier alpha value is -3.12. The molecule has 0 aliphatic heterocycles. The zero-order valence-corrected chi connectivity index (χ0v) is 16.0. The Balaban J connectivity index is 2.00. The van der Waals surface area contributed by atoms with Crippen LogP contribution < -0.4 is 0 Å². The Bertz CT molecular complexity index is 1070. The lowest BCUT2D eigenvalue weighted by atomic mass is 9.74. The fourth-order valence-corrected chi connectivity index (χ4v) is 4.28. The Morgan fingerprint density at radius 3 is 2.22 bits per heavy atom. The van der Waals surface area contributed by atoms with E-state index >= 15 is 0 Å². The Kier molecular flexibility index (Phi) is 4.20. The second-order valence-corrected chi connectivity index (χ2v) is 7.45. The summed E-state index contributed by atoms with van der Waals surface area (Å²) in [6.45, 7) is 12.4. The van der Waals surface area contributed by atoms with Crippen molar-refractivity contribution in [2.45, 2.75) is 19.3 Å². The van der Waals surface area contributed by atoms with Gasteiger partial charge in [0.2, 0.25) is 0 Å². The number of allylic oxidation sites excluding steroid dienone is 4. The van der Waals surface area contributed by atoms with Crippen molar-refractivity contribution >= 4 is 5.57 Å². The van der Waals surface area contributed by atoms with E-state index in [-0.39, 0.29) is 5.41 Å². The molecule has 0 radical (unpaired) electrons. The fraction of sp³-hybridized carbons (Fsp3) is 0.111. The van der Waals surface area contributed by atoms with Crippen LogP contribution in [0.3, 0.4) is 0 Å². The highest BCUT2D eigenvalue weighted by Gasteiger charge is 2.40. The van der Waals surface area contributed by atoms with E-state index < -0.39 is 0 Å². The zero-order chi connectivity index (χ0) is 19.0. The molecular formula is C27H24. The quantitative estimate of drug-likeness (QED) is 0.439. The number of hydrogen-bond acceptors (Lipinski definition) is 0. The van der Waals surface area contributed by atoms with Gasteiger partial charge in [-0.05, 0) is 58.9 Å². The van der Waals surface area contributed by atoms with Crippen LogP contribution in [0, 0.1) is 0 Å². The summed E-state index contributed by atoms with van der Waals surface area (Å²) < 4.78 is 0. The lowest BCUT2D eigenvalue weighted by Gasteiger charge is -2.28. The average molecular weight is 348 g/mol. The van der Waals surface area contributed by atoms with Gasteiger partial charge in [0.25, 0.3) is 0 Å². The van der Waals surface area contributed by atoms with Crippen LogP contribution in [-0.4, -0.2) is 0 Å². The second-order valence-electron chi connectivity index (χ2n) is 7.45. The SMILES string of the molecule is C=CC(=CC(=C)C)c1ccc2c(c1)C(C)(c1ccccc1)c1ccccc1-2. The van der Waals surface area contributed by atoms with Crippen molar-refractivity contribution in [3.8, 4) is 11.1 Å². The molecule has 0 nitrogen and oxygen atoms in total. The van der Waals surface area contributed by atoms with E-state index in [0.717, 1.165) is 11.1 Å². The van der Waals surface area contributed by atoms with Gasteiger partial charge in [-0.25, -0.2) is 0 Å². The minimum absolute atomic E-state index is 0.168. The predicted octanol–water partition coefficient (Wildman–Crippen LogP) is 7.17. The normalized spacial score (nSPS) is 17.9. The molecule has 3 aromatic carbocycles. The lowest BCUT2D eigenvalue weighted by Crippen LogP contribution is -2.22. The molecule has 0 aromatic heterocycles. The number of hydrogen-bond donors (Lipinski definition) is 0. The molecule has 0 amide bonds. The summed E-state index contributed by atoms with van der Waals surface area (Å²) in [7, 11) is 0. The van der Waals surface area contributed by atoms with E-state index in [1.807, 2.05) is 13.0 Å². The smallest absolute Gasteiger partial charge is 0.0435 e. The first kappa shape index (κ1) is 17.3. The van der Waals surface area contributed by atoms with Crippen LogP contribution in [0.25, 0.3) is 16.7 Å². The van der Waals surface area contributed by atoms with Gasteiger partial charge in [0.05, 0.1) is 0 Å². The molecule has 0 N–H and O–H groups in total. The van der Waals surface area contributed by atoms with Gasteiger partial charge in [0.15, 0.2) is 0 Å². The molecule has 1 unspecified atom stereocenters. The van der Waals surface area contributed by atoms with Crippen LogP contribution in [0.4, 0.5) is 0 Å². The van der Waals surface area contributed by atoms with E-state index in [2.05, 4.69) is 99.0 Å². The maximum atomic E-state index is 4.03. The molecule has 4 rings (SSSR count). The third-order valence-corrected chi connectivity index (χ3v) is 5.62. The van der Waals surface area contributed by atoms with Crippen molar-refractivity contribution in [3.63, 3.8) is 0 Å². The fourth-order valence-electron chi connectivity index (χ4n) is 4.28. The van der Waals surface area contributed by atoms with Crippen molar-refractivity contribution in [1.82, 2.24) is 0 Å². The molecule has 0 spiro atoms. The summed E-state index contributed by atoms with van der Waals surface area (Å²) in [5, 5.41) is 0. The molecule has 0 heterocycles. The van der Waals surface area contributed by atoms with Gasteiger partial charge in [0, 0.05) is 5.41 Å². The molecule has 1 aliphatic carbocycles. The van der Waals surface area contributed by atoms with E-state index in [1.54, 1.807) is 0 Å². The Morgan fingerprint density at radius 1 is 0.852 bits per heavy atom. The van der Waals surface area contributed by atoms with Crippen LogP contribution in [0.1, 0.15) is 36.1 Å². The van der Waals surface area contributed by atoms with E-state index in [9.17, 15) is 0 Å². The van der Waals surface area contributed by atoms with Crippen molar-refractivity contribution in [2.75, 3.05) is 0 Å². The first-order valence-electron chi connectivity index (χ1n) is 9.35. The van der Waals surface area contributed by atoms with E-state index in [4.69, 9.17) is 0 Å². The maximum absolute atomic E-state index is 4.03. The molecule has 1 aliphatic rings. The third-order valence-electron chi connectivity index (χ3n) is 5.62. The maximum Gasteiger partial charge on any atom is 0.0435 e. The van der Waals surface area contributed by atoms with Crippen molar-refractivity contribution in [1.29, 1.82) is 0 Å². The number of rotatable bonds is 4. The van der Waals surface area contributed by atoms with Crippen LogP contribution >= 0.6 is 0 Å². The molecule has 0 saturated carbocycles. The summed E-state index contributed by atoms with van der Waals surface area (Å²) in [6.07, 6.45) is 4.01. The largest absolute Gasteiger partial charge is 0.0984 e. The van der Waals surface area contributed by atoms with Gasteiger partial charge >= 0.3 is 0 Å². The minimum Gasteiger partial charge on any atom is -0.0984 e. The summed E-state index contributed by atoms with van der Waals surface area (Å²) in [5.41, 5.74) is 9.83. The van der Waals surface area contributed by atoms with Gasteiger partial charge in [-0.2, -0.15) is 0 Å². The third kappa shape index (κ3) is 2.69. The van der Waals surface area contributed by atoms with Crippen LogP contribution in [0.5, 0.6) is 0 Å². The first-order valence-corrected chi connectivity index (χ1v) is 9.35. The first-order chi connectivity index (χ1) is 13.1. The lowest BCUT2D eigenvalue weighted by molar-refractivity contribution is 0.713. The van der Waals surface area contributed by atoms with Gasteiger partial charge in [-0.3, -0.25) is 0 Å². The molecule has 3 aromatic rings. The summed E-state index contributed by atoms with van der Waals surface area (Å²) in [4.78, 5) is 0. The molecule has 27 heavy (non-hydrogen) atoms. The average Bonchev–Trinajstić information content (AvgIpc) is 2.96. The highest BCUT2D eigenvalue weighted by atomic mass is 14.4. The monoisotopic (exact) mass is 348 g/mol. The van der Waals surface area contributed by atoms with Gasteiger partial charge in [-0.15, -0.1) is 0 Å². The second kappa shape index (κ2) is 6.55. The highest BCUT2D eigenvalue weighted by molar-refractivity contribution is 5.86. The number of benzene rings is 3. The molecule has 0 fully saturated rings. The van der Waals surface area contributed by atoms with E-state index in [0.29, 0.717) is 0 Å². The van der Waals surface area contributed by atoms with Crippen molar-refractivity contribution in [3.05, 3.63) is 126 Å². The molecule has 0 saturated heterocycles. The number of fused-ring (bicyclic) bond motifs is 3.